The number of allylic oxidation sites excluding steroid dienone is 3. The van der Waals surface area contributed by atoms with Gasteiger partial charge in [-0.15, -0.1) is 6.58 Å². The number of hydrogen-bond acceptors (Lipinski definition) is 2. The fourth-order valence-corrected chi connectivity index (χ4v) is 2.32. The molecular formula is C20H36O2. The molecule has 0 bridgehead atoms. The minimum atomic E-state index is -0.0532. The Labute approximate surface area is 138 Å². The van der Waals surface area contributed by atoms with Crippen molar-refractivity contribution in [1.82, 2.24) is 0 Å². The molecule has 0 atom stereocenters. The number of ether oxygens (including phenoxy) is 1. The van der Waals surface area contributed by atoms with Crippen LogP contribution in [-0.2, 0) is 9.53 Å². The van der Waals surface area contributed by atoms with Gasteiger partial charge in [0.25, 0.3) is 0 Å². The second kappa shape index (κ2) is 18.0. The van der Waals surface area contributed by atoms with Crippen molar-refractivity contribution >= 4 is 5.97 Å². The first-order valence-corrected chi connectivity index (χ1v) is 9.22. The highest BCUT2D eigenvalue weighted by atomic mass is 16.5. The molecule has 0 heterocycles. The van der Waals surface area contributed by atoms with Gasteiger partial charge in [-0.05, 0) is 51.4 Å². The summed E-state index contributed by atoms with van der Waals surface area (Å²) in [4.78, 5) is 11.1. The molecule has 0 radical (unpaired) electrons. The van der Waals surface area contributed by atoms with Gasteiger partial charge in [0.15, 0.2) is 0 Å². The smallest absolute Gasteiger partial charge is 0.305 e. The zero-order chi connectivity index (χ0) is 16.3. The third kappa shape index (κ3) is 17.0. The van der Waals surface area contributed by atoms with E-state index in [2.05, 4.69) is 18.7 Å². The number of hydrogen-bond donors (Lipinski definition) is 0. The van der Waals surface area contributed by atoms with Crippen LogP contribution in [0.1, 0.15) is 90.4 Å². The zero-order valence-corrected chi connectivity index (χ0v) is 14.7. The molecule has 0 saturated carbocycles. The minimum Gasteiger partial charge on any atom is -0.466 e. The number of carbonyl (C=O) groups is 1. The summed E-state index contributed by atoms with van der Waals surface area (Å²) in [6.45, 7) is 6.32. The van der Waals surface area contributed by atoms with Gasteiger partial charge < -0.3 is 4.74 Å². The fourth-order valence-electron chi connectivity index (χ4n) is 2.32. The Kier molecular flexibility index (Phi) is 17.1. The molecule has 0 saturated heterocycles. The average Bonchev–Trinajstić information content (AvgIpc) is 2.51. The highest BCUT2D eigenvalue weighted by Crippen LogP contribution is 2.09. The van der Waals surface area contributed by atoms with Crippen LogP contribution in [0.5, 0.6) is 0 Å². The molecule has 2 nitrogen and oxygen atoms in total. The summed E-state index contributed by atoms with van der Waals surface area (Å²) in [5.41, 5.74) is 0. The van der Waals surface area contributed by atoms with E-state index in [0.717, 1.165) is 25.7 Å². The number of esters is 1. The van der Waals surface area contributed by atoms with E-state index in [9.17, 15) is 4.79 Å². The monoisotopic (exact) mass is 308 g/mol. The van der Waals surface area contributed by atoms with Crippen molar-refractivity contribution in [2.45, 2.75) is 90.4 Å². The van der Waals surface area contributed by atoms with Crippen LogP contribution < -0.4 is 0 Å². The highest BCUT2D eigenvalue weighted by Gasteiger charge is 1.98. The van der Waals surface area contributed by atoms with Crippen molar-refractivity contribution in [3.05, 3.63) is 24.8 Å². The maximum Gasteiger partial charge on any atom is 0.305 e. The van der Waals surface area contributed by atoms with Crippen molar-refractivity contribution < 1.29 is 9.53 Å². The Morgan fingerprint density at radius 1 is 0.864 bits per heavy atom. The summed E-state index contributed by atoms with van der Waals surface area (Å²) in [6.07, 6.45) is 21.6. The standard InChI is InChI=1S/C20H36O2/c1-3-5-6-7-8-9-10-11-12-13-14-15-16-17-19-22-20(21)18-4-2/h3,13-14H,1,4-12,15-19H2,2H3/b14-13+. The van der Waals surface area contributed by atoms with Crippen LogP contribution in [0.4, 0.5) is 0 Å². The molecular weight excluding hydrogens is 272 g/mol. The lowest BCUT2D eigenvalue weighted by molar-refractivity contribution is -0.143. The Bertz CT molecular complexity index is 281. The Morgan fingerprint density at radius 3 is 2.00 bits per heavy atom. The normalized spacial score (nSPS) is 11.0. The van der Waals surface area contributed by atoms with Gasteiger partial charge >= 0.3 is 5.97 Å². The molecule has 22 heavy (non-hydrogen) atoms. The van der Waals surface area contributed by atoms with Gasteiger partial charge in [-0.2, -0.15) is 0 Å². The van der Waals surface area contributed by atoms with Crippen molar-refractivity contribution in [3.63, 3.8) is 0 Å². The van der Waals surface area contributed by atoms with Crippen LogP contribution >= 0.6 is 0 Å². The van der Waals surface area contributed by atoms with Crippen LogP contribution in [-0.4, -0.2) is 12.6 Å². The molecule has 0 aliphatic carbocycles. The predicted octanol–water partition coefficient (Wildman–Crippen LogP) is 6.36. The zero-order valence-electron chi connectivity index (χ0n) is 14.7. The van der Waals surface area contributed by atoms with Crippen molar-refractivity contribution in [2.75, 3.05) is 6.61 Å². The molecule has 0 N–H and O–H groups in total. The van der Waals surface area contributed by atoms with E-state index in [1.165, 1.54) is 51.4 Å². The van der Waals surface area contributed by atoms with Crippen LogP contribution in [0.15, 0.2) is 24.8 Å². The quantitative estimate of drug-likeness (QED) is 0.188. The molecule has 0 aromatic carbocycles. The number of rotatable bonds is 16. The maximum absolute atomic E-state index is 11.1. The summed E-state index contributed by atoms with van der Waals surface area (Å²) >= 11 is 0. The lowest BCUT2D eigenvalue weighted by atomic mass is 10.1. The third-order valence-corrected chi connectivity index (χ3v) is 3.68. The molecule has 0 spiro atoms. The first kappa shape index (κ1) is 20.9. The Hall–Kier alpha value is -1.05. The minimum absolute atomic E-state index is 0.0532. The second-order valence-corrected chi connectivity index (χ2v) is 5.93. The van der Waals surface area contributed by atoms with Gasteiger partial charge in [-0.1, -0.05) is 50.8 Å². The largest absolute Gasteiger partial charge is 0.466 e. The summed E-state index contributed by atoms with van der Waals surface area (Å²) in [5.74, 6) is -0.0532. The van der Waals surface area contributed by atoms with Gasteiger partial charge in [0, 0.05) is 6.42 Å². The van der Waals surface area contributed by atoms with Crippen LogP contribution in [0.2, 0.25) is 0 Å². The first-order valence-electron chi connectivity index (χ1n) is 9.22. The lowest BCUT2D eigenvalue weighted by Gasteiger charge is -2.02. The first-order chi connectivity index (χ1) is 10.8. The molecule has 0 fully saturated rings. The summed E-state index contributed by atoms with van der Waals surface area (Å²) in [6, 6.07) is 0. The molecule has 0 aliphatic heterocycles. The van der Waals surface area contributed by atoms with Crippen molar-refractivity contribution in [2.24, 2.45) is 0 Å². The lowest BCUT2D eigenvalue weighted by Crippen LogP contribution is -2.04. The van der Waals surface area contributed by atoms with E-state index < -0.39 is 0 Å². The van der Waals surface area contributed by atoms with Gasteiger partial charge in [0.2, 0.25) is 0 Å². The third-order valence-electron chi connectivity index (χ3n) is 3.68. The number of carbonyl (C=O) groups excluding carboxylic acids is 1. The molecule has 0 aromatic heterocycles. The molecule has 0 aliphatic rings. The Balaban J connectivity index is 3.15. The van der Waals surface area contributed by atoms with E-state index >= 15 is 0 Å². The van der Waals surface area contributed by atoms with E-state index in [4.69, 9.17) is 4.74 Å². The fraction of sp³-hybridized carbons (Fsp3) is 0.750. The molecule has 0 amide bonds. The van der Waals surface area contributed by atoms with E-state index in [1.54, 1.807) is 0 Å². The molecule has 0 rings (SSSR count). The van der Waals surface area contributed by atoms with E-state index in [-0.39, 0.29) is 5.97 Å². The molecule has 0 unspecified atom stereocenters. The number of unbranched alkanes of at least 4 members (excludes halogenated alkanes) is 9. The van der Waals surface area contributed by atoms with Gasteiger partial charge in [-0.3, -0.25) is 4.79 Å². The van der Waals surface area contributed by atoms with Crippen LogP contribution in [0.3, 0.4) is 0 Å². The maximum atomic E-state index is 11.1. The van der Waals surface area contributed by atoms with Crippen molar-refractivity contribution in [3.8, 4) is 0 Å². The Morgan fingerprint density at radius 2 is 1.41 bits per heavy atom. The summed E-state index contributed by atoms with van der Waals surface area (Å²) in [5, 5.41) is 0. The van der Waals surface area contributed by atoms with Gasteiger partial charge in [0.05, 0.1) is 6.61 Å². The summed E-state index contributed by atoms with van der Waals surface area (Å²) < 4.78 is 5.12. The highest BCUT2D eigenvalue weighted by molar-refractivity contribution is 5.69. The van der Waals surface area contributed by atoms with Gasteiger partial charge in [0.1, 0.15) is 0 Å². The topological polar surface area (TPSA) is 26.3 Å². The van der Waals surface area contributed by atoms with Crippen LogP contribution in [0, 0.1) is 0 Å². The van der Waals surface area contributed by atoms with Crippen LogP contribution in [0.25, 0.3) is 0 Å². The second-order valence-electron chi connectivity index (χ2n) is 5.93. The van der Waals surface area contributed by atoms with E-state index in [1.807, 2.05) is 13.0 Å². The molecule has 0 aromatic rings. The summed E-state index contributed by atoms with van der Waals surface area (Å²) in [7, 11) is 0. The SMILES string of the molecule is C=CCCCCCCCC/C=C/CCCCOC(=O)CCC. The molecule has 2 heteroatoms. The van der Waals surface area contributed by atoms with Gasteiger partial charge in [-0.25, -0.2) is 0 Å². The predicted molar refractivity (Wildman–Crippen MR) is 96.0 cm³/mol. The van der Waals surface area contributed by atoms with Crippen molar-refractivity contribution in [1.29, 1.82) is 0 Å². The average molecular weight is 309 g/mol. The van der Waals surface area contributed by atoms with E-state index in [0.29, 0.717) is 13.0 Å². The molecule has 128 valence electrons.